The quantitative estimate of drug-likeness (QED) is 0.611. The molecule has 0 saturated heterocycles. The van der Waals surface area contributed by atoms with Gasteiger partial charge in [-0.05, 0) is 43.2 Å². The highest BCUT2D eigenvalue weighted by Gasteiger charge is 2.18. The lowest BCUT2D eigenvalue weighted by Gasteiger charge is -2.30. The Kier molecular flexibility index (Phi) is 8.64. The highest BCUT2D eigenvalue weighted by Crippen LogP contribution is 2.24. The Balaban J connectivity index is 1.95. The molecule has 0 saturated carbocycles. The molecule has 0 bridgehead atoms. The van der Waals surface area contributed by atoms with Gasteiger partial charge in [0.15, 0.2) is 0 Å². The first-order chi connectivity index (χ1) is 13.0. The van der Waals surface area contributed by atoms with Crippen LogP contribution in [0.2, 0.25) is 0 Å². The zero-order valence-electron chi connectivity index (χ0n) is 16.7. The summed E-state index contributed by atoms with van der Waals surface area (Å²) in [6, 6.07) is 9.85. The molecule has 0 unspecified atom stereocenters. The Morgan fingerprint density at radius 1 is 1.15 bits per heavy atom. The Bertz CT molecular complexity index is 636. The summed E-state index contributed by atoms with van der Waals surface area (Å²) in [7, 11) is 3.29. The van der Waals surface area contributed by atoms with Gasteiger partial charge in [-0.2, -0.15) is 0 Å². The third kappa shape index (κ3) is 6.90. The molecule has 0 fully saturated rings. The second-order valence-corrected chi connectivity index (χ2v) is 6.66. The van der Waals surface area contributed by atoms with Crippen LogP contribution in [0, 0.1) is 0 Å². The van der Waals surface area contributed by atoms with Gasteiger partial charge in [0.2, 0.25) is 0 Å². The molecule has 2 aromatic rings. The van der Waals surface area contributed by atoms with Gasteiger partial charge in [0.25, 0.3) is 0 Å². The lowest BCUT2D eigenvalue weighted by atomic mass is 10.1. The summed E-state index contributed by atoms with van der Waals surface area (Å²) in [6.45, 7) is 6.14. The molecule has 0 radical (unpaired) electrons. The number of nitrogens with zero attached hydrogens (tertiary/aromatic N) is 1. The fourth-order valence-electron chi connectivity index (χ4n) is 2.86. The van der Waals surface area contributed by atoms with Crippen molar-refractivity contribution >= 4 is 0 Å². The Morgan fingerprint density at radius 2 is 1.85 bits per heavy atom. The number of furan rings is 1. The van der Waals surface area contributed by atoms with E-state index in [2.05, 4.69) is 18.7 Å². The van der Waals surface area contributed by atoms with Crippen LogP contribution in [0.1, 0.15) is 31.6 Å². The summed E-state index contributed by atoms with van der Waals surface area (Å²) < 4.78 is 21.5. The van der Waals surface area contributed by atoms with Crippen LogP contribution in [0.3, 0.4) is 0 Å². The standard InChI is InChI=1S/C21H31NO5/c1-5-16(2)22(12-17-9-20(24-3)11-21(10-17)25-4)13-18(23)14-26-15-19-7-6-8-27-19/h6-11,16,18,23H,5,12-15H2,1-4H3/t16-,18+/m0/s1. The zero-order valence-corrected chi connectivity index (χ0v) is 16.7. The smallest absolute Gasteiger partial charge is 0.129 e. The SMILES string of the molecule is CC[C@H](C)N(Cc1cc(OC)cc(OC)c1)C[C@@H](O)COCc1ccco1. The second kappa shape index (κ2) is 11.0. The number of rotatable bonds is 12. The van der Waals surface area contributed by atoms with E-state index >= 15 is 0 Å². The van der Waals surface area contributed by atoms with Crippen molar-refractivity contribution in [3.63, 3.8) is 0 Å². The van der Waals surface area contributed by atoms with E-state index in [-0.39, 0.29) is 6.61 Å². The van der Waals surface area contributed by atoms with Crippen LogP contribution < -0.4 is 9.47 Å². The largest absolute Gasteiger partial charge is 0.497 e. The molecule has 1 aromatic heterocycles. The molecule has 150 valence electrons. The van der Waals surface area contributed by atoms with E-state index in [0.29, 0.717) is 25.7 Å². The van der Waals surface area contributed by atoms with E-state index in [0.717, 1.165) is 29.2 Å². The average molecular weight is 377 g/mol. The van der Waals surface area contributed by atoms with Crippen LogP contribution >= 0.6 is 0 Å². The van der Waals surface area contributed by atoms with Gasteiger partial charge in [-0.15, -0.1) is 0 Å². The molecule has 2 rings (SSSR count). The molecule has 0 aliphatic rings. The number of aliphatic hydroxyl groups is 1. The van der Waals surface area contributed by atoms with Crippen molar-refractivity contribution in [1.29, 1.82) is 0 Å². The van der Waals surface area contributed by atoms with E-state index in [1.165, 1.54) is 0 Å². The number of aliphatic hydroxyl groups excluding tert-OH is 1. The Labute approximate surface area is 161 Å². The van der Waals surface area contributed by atoms with Gasteiger partial charge >= 0.3 is 0 Å². The van der Waals surface area contributed by atoms with Crippen LogP contribution in [0.15, 0.2) is 41.0 Å². The molecule has 1 N–H and O–H groups in total. The van der Waals surface area contributed by atoms with Crippen molar-refractivity contribution in [2.24, 2.45) is 0 Å². The maximum Gasteiger partial charge on any atom is 0.129 e. The van der Waals surface area contributed by atoms with Crippen molar-refractivity contribution in [2.75, 3.05) is 27.4 Å². The van der Waals surface area contributed by atoms with Crippen LogP contribution in [-0.4, -0.2) is 49.5 Å². The van der Waals surface area contributed by atoms with Gasteiger partial charge < -0.3 is 23.7 Å². The van der Waals surface area contributed by atoms with E-state index in [1.807, 2.05) is 30.3 Å². The Morgan fingerprint density at radius 3 is 2.41 bits per heavy atom. The molecule has 1 heterocycles. The number of hydrogen-bond donors (Lipinski definition) is 1. The van der Waals surface area contributed by atoms with E-state index in [1.54, 1.807) is 20.5 Å². The van der Waals surface area contributed by atoms with E-state index in [9.17, 15) is 5.11 Å². The highest BCUT2D eigenvalue weighted by atomic mass is 16.5. The summed E-state index contributed by atoms with van der Waals surface area (Å²) in [6.07, 6.45) is 2.02. The molecule has 0 spiro atoms. The van der Waals surface area contributed by atoms with Crippen LogP contribution in [-0.2, 0) is 17.9 Å². The van der Waals surface area contributed by atoms with Crippen molar-refractivity contribution < 1.29 is 23.7 Å². The number of benzene rings is 1. The average Bonchev–Trinajstić information content (AvgIpc) is 3.19. The fraction of sp³-hybridized carbons (Fsp3) is 0.524. The maximum atomic E-state index is 10.4. The van der Waals surface area contributed by atoms with Crippen LogP contribution in [0.4, 0.5) is 0 Å². The lowest BCUT2D eigenvalue weighted by molar-refractivity contribution is -0.00273. The number of hydrogen-bond acceptors (Lipinski definition) is 6. The minimum atomic E-state index is -0.582. The maximum absolute atomic E-state index is 10.4. The van der Waals surface area contributed by atoms with Gasteiger partial charge in [-0.1, -0.05) is 6.92 Å². The predicted molar refractivity (Wildman–Crippen MR) is 104 cm³/mol. The molecular weight excluding hydrogens is 346 g/mol. The van der Waals surface area contributed by atoms with E-state index < -0.39 is 6.10 Å². The molecule has 1 aromatic carbocycles. The summed E-state index contributed by atoms with van der Waals surface area (Å²) >= 11 is 0. The van der Waals surface area contributed by atoms with Crippen molar-refractivity contribution in [3.8, 4) is 11.5 Å². The first-order valence-corrected chi connectivity index (χ1v) is 9.29. The van der Waals surface area contributed by atoms with Crippen LogP contribution in [0.5, 0.6) is 11.5 Å². The third-order valence-corrected chi connectivity index (χ3v) is 4.59. The zero-order chi connectivity index (χ0) is 19.6. The van der Waals surface area contributed by atoms with Gasteiger partial charge in [0.1, 0.15) is 23.9 Å². The number of methoxy groups -OCH3 is 2. The van der Waals surface area contributed by atoms with Gasteiger partial charge in [0, 0.05) is 25.2 Å². The van der Waals surface area contributed by atoms with Gasteiger partial charge in [-0.25, -0.2) is 0 Å². The molecule has 6 heteroatoms. The minimum Gasteiger partial charge on any atom is -0.497 e. The second-order valence-electron chi connectivity index (χ2n) is 6.66. The molecular formula is C21H31NO5. The van der Waals surface area contributed by atoms with Crippen molar-refractivity contribution in [2.45, 2.75) is 45.6 Å². The van der Waals surface area contributed by atoms with Crippen molar-refractivity contribution in [3.05, 3.63) is 47.9 Å². The van der Waals surface area contributed by atoms with Gasteiger partial charge in [0.05, 0.1) is 33.2 Å². The lowest BCUT2D eigenvalue weighted by Crippen LogP contribution is -2.39. The summed E-state index contributed by atoms with van der Waals surface area (Å²) in [5.41, 5.74) is 1.08. The minimum absolute atomic E-state index is 0.259. The molecule has 0 aliphatic carbocycles. The molecule has 6 nitrogen and oxygen atoms in total. The van der Waals surface area contributed by atoms with Crippen molar-refractivity contribution in [1.82, 2.24) is 4.90 Å². The number of ether oxygens (including phenoxy) is 3. The molecule has 27 heavy (non-hydrogen) atoms. The normalized spacial score (nSPS) is 13.6. The van der Waals surface area contributed by atoms with E-state index in [4.69, 9.17) is 18.6 Å². The van der Waals surface area contributed by atoms with Gasteiger partial charge in [-0.3, -0.25) is 4.90 Å². The highest BCUT2D eigenvalue weighted by molar-refractivity contribution is 5.38. The van der Waals surface area contributed by atoms with Crippen LogP contribution in [0.25, 0.3) is 0 Å². The summed E-state index contributed by atoms with van der Waals surface area (Å²) in [4.78, 5) is 2.25. The first kappa shape index (κ1) is 21.3. The Hall–Kier alpha value is -2.02. The monoisotopic (exact) mass is 377 g/mol. The predicted octanol–water partition coefficient (Wildman–Crippen LogP) is 3.48. The molecule has 0 amide bonds. The topological polar surface area (TPSA) is 64.3 Å². The summed E-state index contributed by atoms with van der Waals surface area (Å²) in [5, 5.41) is 10.4. The third-order valence-electron chi connectivity index (χ3n) is 4.59. The fourth-order valence-corrected chi connectivity index (χ4v) is 2.86. The molecule has 0 aliphatic heterocycles. The first-order valence-electron chi connectivity index (χ1n) is 9.29. The molecule has 2 atom stereocenters. The summed E-state index contributed by atoms with van der Waals surface area (Å²) in [5.74, 6) is 2.27.